The first-order chi connectivity index (χ1) is 9.15. The van der Waals surface area contributed by atoms with Crippen molar-refractivity contribution in [2.45, 2.75) is 38.1 Å². The molecule has 108 valence electrons. The number of rotatable bonds is 4. The number of aliphatic carboxylic acids is 1. The lowest BCUT2D eigenvalue weighted by Gasteiger charge is -2.27. The summed E-state index contributed by atoms with van der Waals surface area (Å²) in [5, 5.41) is 14.8. The van der Waals surface area contributed by atoms with Crippen molar-refractivity contribution >= 4 is 23.8 Å². The topological polar surface area (TPSA) is 78.4 Å². The maximum Gasteiger partial charge on any atom is 0.315 e. The quantitative estimate of drug-likeness (QED) is 0.735. The van der Waals surface area contributed by atoms with E-state index < -0.39 is 5.97 Å². The van der Waals surface area contributed by atoms with Crippen molar-refractivity contribution in [3.05, 3.63) is 0 Å². The number of carboxylic acid groups (broad SMARTS) is 1. The van der Waals surface area contributed by atoms with Gasteiger partial charge < -0.3 is 15.7 Å². The Bertz CT molecular complexity index is 332. The van der Waals surface area contributed by atoms with E-state index in [1.54, 1.807) is 0 Å². The molecule has 0 aromatic carbocycles. The van der Waals surface area contributed by atoms with Crippen molar-refractivity contribution < 1.29 is 14.7 Å². The normalized spacial score (nSPS) is 30.8. The van der Waals surface area contributed by atoms with Gasteiger partial charge in [0.15, 0.2) is 0 Å². The van der Waals surface area contributed by atoms with E-state index in [1.807, 2.05) is 11.8 Å². The summed E-state index contributed by atoms with van der Waals surface area (Å²) in [5.41, 5.74) is 0. The van der Waals surface area contributed by atoms with E-state index >= 15 is 0 Å². The van der Waals surface area contributed by atoms with Crippen LogP contribution in [0.2, 0.25) is 0 Å². The molecule has 0 radical (unpaired) electrons. The molecule has 3 atom stereocenters. The Hall–Kier alpha value is -0.910. The predicted octanol–water partition coefficient (Wildman–Crippen LogP) is 1.68. The molecule has 6 heteroatoms. The highest BCUT2D eigenvalue weighted by Crippen LogP contribution is 2.24. The number of thioether (sulfide) groups is 1. The molecule has 1 aliphatic heterocycles. The van der Waals surface area contributed by atoms with Gasteiger partial charge in [-0.3, -0.25) is 4.79 Å². The molecule has 2 amide bonds. The van der Waals surface area contributed by atoms with Crippen LogP contribution in [0.3, 0.4) is 0 Å². The first kappa shape index (κ1) is 14.5. The lowest BCUT2D eigenvalue weighted by molar-refractivity contribution is -0.143. The van der Waals surface area contributed by atoms with Crippen molar-refractivity contribution in [3.63, 3.8) is 0 Å². The zero-order valence-electron chi connectivity index (χ0n) is 11.1. The van der Waals surface area contributed by atoms with E-state index in [0.29, 0.717) is 12.3 Å². The highest BCUT2D eigenvalue weighted by atomic mass is 32.2. The summed E-state index contributed by atoms with van der Waals surface area (Å²) in [5.74, 6) is 1.87. The van der Waals surface area contributed by atoms with Gasteiger partial charge in [-0.15, -0.1) is 0 Å². The van der Waals surface area contributed by atoms with Gasteiger partial charge in [0.05, 0.1) is 5.92 Å². The molecule has 1 saturated heterocycles. The maximum atomic E-state index is 11.8. The SMILES string of the molecule is O=C(NCC1CCSC1)NC1CCCC(C(=O)O)C1. The number of carbonyl (C=O) groups excluding carboxylic acids is 1. The molecule has 2 fully saturated rings. The summed E-state index contributed by atoms with van der Waals surface area (Å²) in [6, 6.07) is -0.138. The summed E-state index contributed by atoms with van der Waals surface area (Å²) in [6.45, 7) is 0.730. The average molecular weight is 286 g/mol. The fourth-order valence-corrected chi connectivity index (χ4v) is 4.05. The fraction of sp³-hybridized carbons (Fsp3) is 0.846. The molecule has 3 unspecified atom stereocenters. The third kappa shape index (κ3) is 4.60. The van der Waals surface area contributed by atoms with Crippen molar-refractivity contribution in [2.75, 3.05) is 18.1 Å². The Morgan fingerprint density at radius 2 is 2.11 bits per heavy atom. The van der Waals surface area contributed by atoms with Gasteiger partial charge in [0.1, 0.15) is 0 Å². The number of nitrogens with one attached hydrogen (secondary N) is 2. The van der Waals surface area contributed by atoms with Crippen LogP contribution in [0.15, 0.2) is 0 Å². The number of carbonyl (C=O) groups is 2. The monoisotopic (exact) mass is 286 g/mol. The molecule has 0 aromatic rings. The minimum absolute atomic E-state index is 0.00723. The van der Waals surface area contributed by atoms with Crippen LogP contribution in [0.25, 0.3) is 0 Å². The number of carboxylic acids is 1. The highest BCUT2D eigenvalue weighted by Gasteiger charge is 2.27. The Morgan fingerprint density at radius 1 is 1.26 bits per heavy atom. The van der Waals surface area contributed by atoms with Gasteiger partial charge in [-0.05, 0) is 43.1 Å². The lowest BCUT2D eigenvalue weighted by Crippen LogP contribution is -2.46. The molecular weight excluding hydrogens is 264 g/mol. The number of hydrogen-bond acceptors (Lipinski definition) is 3. The van der Waals surface area contributed by atoms with E-state index in [4.69, 9.17) is 5.11 Å². The average Bonchev–Trinajstić information content (AvgIpc) is 2.90. The Kier molecular flexibility index (Phi) is 5.36. The number of hydrogen-bond donors (Lipinski definition) is 3. The first-order valence-electron chi connectivity index (χ1n) is 7.00. The van der Waals surface area contributed by atoms with Crippen LogP contribution < -0.4 is 10.6 Å². The second-order valence-electron chi connectivity index (χ2n) is 5.48. The van der Waals surface area contributed by atoms with E-state index in [-0.39, 0.29) is 18.0 Å². The molecular formula is C13H22N2O3S. The van der Waals surface area contributed by atoms with Crippen LogP contribution in [-0.4, -0.2) is 41.2 Å². The van der Waals surface area contributed by atoms with E-state index in [9.17, 15) is 9.59 Å². The van der Waals surface area contributed by atoms with Gasteiger partial charge >= 0.3 is 12.0 Å². The second-order valence-corrected chi connectivity index (χ2v) is 6.63. The third-order valence-corrected chi connectivity index (χ3v) is 5.17. The molecule has 3 N–H and O–H groups in total. The Balaban J connectivity index is 1.67. The number of amides is 2. The zero-order valence-corrected chi connectivity index (χ0v) is 11.9. The summed E-state index contributed by atoms with van der Waals surface area (Å²) in [7, 11) is 0. The molecule has 5 nitrogen and oxygen atoms in total. The van der Waals surface area contributed by atoms with Crippen LogP contribution in [0, 0.1) is 11.8 Å². The lowest BCUT2D eigenvalue weighted by atomic mass is 9.86. The molecule has 0 spiro atoms. The smallest absolute Gasteiger partial charge is 0.315 e. The minimum Gasteiger partial charge on any atom is -0.481 e. The summed E-state index contributed by atoms with van der Waals surface area (Å²) >= 11 is 1.94. The third-order valence-electron chi connectivity index (χ3n) is 3.93. The fourth-order valence-electron chi connectivity index (χ4n) is 2.76. The zero-order chi connectivity index (χ0) is 13.7. The van der Waals surface area contributed by atoms with Crippen LogP contribution >= 0.6 is 11.8 Å². The number of urea groups is 1. The van der Waals surface area contributed by atoms with Gasteiger partial charge in [0.2, 0.25) is 0 Å². The van der Waals surface area contributed by atoms with Crippen LogP contribution in [0.1, 0.15) is 32.1 Å². The molecule has 0 aromatic heterocycles. The van der Waals surface area contributed by atoms with Crippen molar-refractivity contribution in [2.24, 2.45) is 11.8 Å². The van der Waals surface area contributed by atoms with E-state index in [1.165, 1.54) is 12.2 Å². The molecule has 1 aliphatic carbocycles. The van der Waals surface area contributed by atoms with Crippen LogP contribution in [0.4, 0.5) is 4.79 Å². The molecule has 19 heavy (non-hydrogen) atoms. The van der Waals surface area contributed by atoms with Gasteiger partial charge in [-0.1, -0.05) is 6.42 Å². The van der Waals surface area contributed by atoms with Crippen molar-refractivity contribution in [1.29, 1.82) is 0 Å². The first-order valence-corrected chi connectivity index (χ1v) is 8.15. The van der Waals surface area contributed by atoms with Crippen LogP contribution in [-0.2, 0) is 4.79 Å². The van der Waals surface area contributed by atoms with E-state index in [0.717, 1.165) is 31.6 Å². The van der Waals surface area contributed by atoms with Gasteiger partial charge in [-0.25, -0.2) is 4.79 Å². The molecule has 2 aliphatic rings. The van der Waals surface area contributed by atoms with E-state index in [2.05, 4.69) is 10.6 Å². The van der Waals surface area contributed by atoms with Gasteiger partial charge in [0.25, 0.3) is 0 Å². The predicted molar refractivity (Wildman–Crippen MR) is 75.3 cm³/mol. The second kappa shape index (κ2) is 7.03. The van der Waals surface area contributed by atoms with Crippen LogP contribution in [0.5, 0.6) is 0 Å². The highest BCUT2D eigenvalue weighted by molar-refractivity contribution is 7.99. The molecule has 0 bridgehead atoms. The minimum atomic E-state index is -0.741. The molecule has 1 saturated carbocycles. The summed E-state index contributed by atoms with van der Waals surface area (Å²) < 4.78 is 0. The Morgan fingerprint density at radius 3 is 2.79 bits per heavy atom. The standard InChI is InChI=1S/C13H22N2O3S/c16-12(17)10-2-1-3-11(6-10)15-13(18)14-7-9-4-5-19-8-9/h9-11H,1-8H2,(H,16,17)(H2,14,15,18). The maximum absolute atomic E-state index is 11.8. The summed E-state index contributed by atoms with van der Waals surface area (Å²) in [4.78, 5) is 22.7. The summed E-state index contributed by atoms with van der Waals surface area (Å²) in [6.07, 6.45) is 4.23. The van der Waals surface area contributed by atoms with Gasteiger partial charge in [0, 0.05) is 12.6 Å². The van der Waals surface area contributed by atoms with Crippen molar-refractivity contribution in [1.82, 2.24) is 10.6 Å². The van der Waals surface area contributed by atoms with Gasteiger partial charge in [-0.2, -0.15) is 11.8 Å². The largest absolute Gasteiger partial charge is 0.481 e. The molecule has 1 heterocycles. The van der Waals surface area contributed by atoms with Crippen molar-refractivity contribution in [3.8, 4) is 0 Å². The molecule has 2 rings (SSSR count). The Labute approximate surface area is 117 Å².